The van der Waals surface area contributed by atoms with E-state index in [9.17, 15) is 0 Å². The summed E-state index contributed by atoms with van der Waals surface area (Å²) in [6.07, 6.45) is 7.38. The van der Waals surface area contributed by atoms with E-state index >= 15 is 0 Å². The second-order valence-electron chi connectivity index (χ2n) is 4.03. The highest BCUT2D eigenvalue weighted by Gasteiger charge is 2.41. The van der Waals surface area contributed by atoms with Gasteiger partial charge in [-0.2, -0.15) is 0 Å². The SMILES string of the molecule is ClCCC1(CNc2ccncc2)CC1. The highest BCUT2D eigenvalue weighted by molar-refractivity contribution is 6.17. The summed E-state index contributed by atoms with van der Waals surface area (Å²) in [6.45, 7) is 1.05. The number of aromatic nitrogens is 1. The third-order valence-electron chi connectivity index (χ3n) is 2.93. The molecule has 0 aliphatic heterocycles. The maximum atomic E-state index is 5.77. The number of nitrogens with one attached hydrogen (secondary N) is 1. The summed E-state index contributed by atoms with van der Waals surface area (Å²) in [5.74, 6) is 0.776. The molecular weight excluding hydrogens is 196 g/mol. The van der Waals surface area contributed by atoms with Crippen LogP contribution >= 0.6 is 11.6 Å². The summed E-state index contributed by atoms with van der Waals surface area (Å²) in [4.78, 5) is 3.98. The van der Waals surface area contributed by atoms with Gasteiger partial charge in [0, 0.05) is 30.5 Å². The summed E-state index contributed by atoms with van der Waals surface area (Å²) < 4.78 is 0. The average molecular weight is 211 g/mol. The fourth-order valence-corrected chi connectivity index (χ4v) is 2.05. The minimum atomic E-state index is 0.491. The Bertz CT molecular complexity index is 283. The Morgan fingerprint density at radius 1 is 1.36 bits per heavy atom. The van der Waals surface area contributed by atoms with Crippen molar-refractivity contribution in [1.29, 1.82) is 0 Å². The number of anilines is 1. The van der Waals surface area contributed by atoms with Gasteiger partial charge in [0.1, 0.15) is 0 Å². The maximum Gasteiger partial charge on any atom is 0.0371 e. The number of rotatable bonds is 5. The van der Waals surface area contributed by atoms with Crippen LogP contribution in [-0.4, -0.2) is 17.4 Å². The van der Waals surface area contributed by atoms with E-state index in [-0.39, 0.29) is 0 Å². The minimum Gasteiger partial charge on any atom is -0.384 e. The summed E-state index contributed by atoms with van der Waals surface area (Å²) in [6, 6.07) is 3.99. The van der Waals surface area contributed by atoms with Crippen LogP contribution in [-0.2, 0) is 0 Å². The molecule has 0 bridgehead atoms. The third-order valence-corrected chi connectivity index (χ3v) is 3.12. The fraction of sp³-hybridized carbons (Fsp3) is 0.545. The molecule has 0 atom stereocenters. The van der Waals surface area contributed by atoms with E-state index in [0.29, 0.717) is 5.41 Å². The van der Waals surface area contributed by atoms with Crippen molar-refractivity contribution in [3.63, 3.8) is 0 Å². The Hall–Kier alpha value is -0.760. The van der Waals surface area contributed by atoms with Crippen LogP contribution in [0.2, 0.25) is 0 Å². The zero-order valence-electron chi connectivity index (χ0n) is 8.17. The second kappa shape index (κ2) is 4.18. The molecule has 2 nitrogen and oxygen atoms in total. The zero-order chi connectivity index (χ0) is 9.86. The predicted molar refractivity (Wildman–Crippen MR) is 59.7 cm³/mol. The molecule has 14 heavy (non-hydrogen) atoms. The van der Waals surface area contributed by atoms with Gasteiger partial charge in [-0.05, 0) is 36.8 Å². The van der Waals surface area contributed by atoms with Crippen molar-refractivity contribution in [3.8, 4) is 0 Å². The topological polar surface area (TPSA) is 24.9 Å². The molecule has 1 heterocycles. The van der Waals surface area contributed by atoms with Gasteiger partial charge in [0.15, 0.2) is 0 Å². The Morgan fingerprint density at radius 3 is 2.64 bits per heavy atom. The lowest BCUT2D eigenvalue weighted by Crippen LogP contribution is -2.15. The third kappa shape index (κ3) is 2.38. The van der Waals surface area contributed by atoms with Crippen LogP contribution in [0.25, 0.3) is 0 Å². The van der Waals surface area contributed by atoms with Gasteiger partial charge in [-0.1, -0.05) is 0 Å². The van der Waals surface area contributed by atoms with E-state index in [1.807, 2.05) is 24.5 Å². The molecule has 1 aliphatic rings. The molecule has 0 spiro atoms. The molecule has 1 aromatic heterocycles. The van der Waals surface area contributed by atoms with Crippen LogP contribution < -0.4 is 5.32 Å². The molecule has 1 fully saturated rings. The number of hydrogen-bond acceptors (Lipinski definition) is 2. The Kier molecular flexibility index (Phi) is 2.92. The molecule has 0 radical (unpaired) electrons. The number of nitrogens with zero attached hydrogens (tertiary/aromatic N) is 1. The van der Waals surface area contributed by atoms with Crippen LogP contribution in [0.3, 0.4) is 0 Å². The first-order valence-electron chi connectivity index (χ1n) is 5.05. The van der Waals surface area contributed by atoms with Crippen molar-refractivity contribution >= 4 is 17.3 Å². The average Bonchev–Trinajstić information content (AvgIpc) is 2.98. The largest absolute Gasteiger partial charge is 0.384 e. The molecule has 1 aliphatic carbocycles. The number of alkyl halides is 1. The van der Waals surface area contributed by atoms with Crippen molar-refractivity contribution in [1.82, 2.24) is 4.98 Å². The molecule has 0 unspecified atom stereocenters. The maximum absolute atomic E-state index is 5.77. The van der Waals surface area contributed by atoms with Crippen LogP contribution in [0.15, 0.2) is 24.5 Å². The molecule has 1 aromatic rings. The van der Waals surface area contributed by atoms with E-state index in [1.54, 1.807) is 0 Å². The van der Waals surface area contributed by atoms with Crippen LogP contribution in [0.4, 0.5) is 5.69 Å². The molecule has 1 N–H and O–H groups in total. The molecule has 0 saturated heterocycles. The van der Waals surface area contributed by atoms with E-state index in [2.05, 4.69) is 10.3 Å². The van der Waals surface area contributed by atoms with E-state index < -0.39 is 0 Å². The standard InChI is InChI=1S/C11H15ClN2/c12-6-5-11(3-4-11)9-14-10-1-7-13-8-2-10/h1-2,7-8H,3-6,9H2,(H,13,14). The lowest BCUT2D eigenvalue weighted by molar-refractivity contribution is 0.525. The number of hydrogen-bond donors (Lipinski definition) is 1. The smallest absolute Gasteiger partial charge is 0.0371 e. The van der Waals surface area contributed by atoms with E-state index in [1.165, 1.54) is 12.8 Å². The Balaban J connectivity index is 1.83. The molecular formula is C11H15ClN2. The highest BCUT2D eigenvalue weighted by Crippen LogP contribution is 2.48. The summed E-state index contributed by atoms with van der Waals surface area (Å²) in [7, 11) is 0. The number of halogens is 1. The van der Waals surface area contributed by atoms with Crippen LogP contribution in [0, 0.1) is 5.41 Å². The molecule has 1 saturated carbocycles. The van der Waals surface area contributed by atoms with Gasteiger partial charge >= 0.3 is 0 Å². The Morgan fingerprint density at radius 2 is 2.07 bits per heavy atom. The van der Waals surface area contributed by atoms with Crippen molar-refractivity contribution in [3.05, 3.63) is 24.5 Å². The number of pyridine rings is 1. The van der Waals surface area contributed by atoms with Gasteiger partial charge < -0.3 is 5.32 Å². The van der Waals surface area contributed by atoms with Crippen LogP contribution in [0.1, 0.15) is 19.3 Å². The normalized spacial score (nSPS) is 17.8. The monoisotopic (exact) mass is 210 g/mol. The predicted octanol–water partition coefficient (Wildman–Crippen LogP) is 2.90. The van der Waals surface area contributed by atoms with Crippen molar-refractivity contribution in [2.24, 2.45) is 5.41 Å². The molecule has 2 rings (SSSR count). The minimum absolute atomic E-state index is 0.491. The van der Waals surface area contributed by atoms with Crippen molar-refractivity contribution < 1.29 is 0 Å². The van der Waals surface area contributed by atoms with Crippen LogP contribution in [0.5, 0.6) is 0 Å². The summed E-state index contributed by atoms with van der Waals surface area (Å²) >= 11 is 5.77. The quantitative estimate of drug-likeness (QED) is 0.756. The molecule has 76 valence electrons. The van der Waals surface area contributed by atoms with E-state index in [4.69, 9.17) is 11.6 Å². The van der Waals surface area contributed by atoms with Gasteiger partial charge in [0.05, 0.1) is 0 Å². The molecule has 0 aromatic carbocycles. The Labute approximate surface area is 89.7 Å². The first kappa shape index (κ1) is 9.78. The fourth-order valence-electron chi connectivity index (χ4n) is 1.65. The zero-order valence-corrected chi connectivity index (χ0v) is 8.93. The van der Waals surface area contributed by atoms with Gasteiger partial charge in [-0.25, -0.2) is 0 Å². The van der Waals surface area contributed by atoms with Gasteiger partial charge in [-0.3, -0.25) is 4.98 Å². The highest BCUT2D eigenvalue weighted by atomic mass is 35.5. The summed E-state index contributed by atoms with van der Waals surface area (Å²) in [5.41, 5.74) is 1.64. The molecule has 3 heteroatoms. The van der Waals surface area contributed by atoms with Crippen molar-refractivity contribution in [2.75, 3.05) is 17.7 Å². The first-order chi connectivity index (χ1) is 6.85. The van der Waals surface area contributed by atoms with Gasteiger partial charge in [0.2, 0.25) is 0 Å². The summed E-state index contributed by atoms with van der Waals surface area (Å²) in [5, 5.41) is 3.43. The lowest BCUT2D eigenvalue weighted by Gasteiger charge is -2.14. The second-order valence-corrected chi connectivity index (χ2v) is 4.41. The lowest BCUT2D eigenvalue weighted by atomic mass is 10.0. The van der Waals surface area contributed by atoms with E-state index in [0.717, 1.165) is 24.5 Å². The van der Waals surface area contributed by atoms with Gasteiger partial charge in [-0.15, -0.1) is 11.6 Å². The first-order valence-corrected chi connectivity index (χ1v) is 5.58. The van der Waals surface area contributed by atoms with Crippen molar-refractivity contribution in [2.45, 2.75) is 19.3 Å². The van der Waals surface area contributed by atoms with Gasteiger partial charge in [0.25, 0.3) is 0 Å². The molecule has 0 amide bonds.